The van der Waals surface area contributed by atoms with Crippen LogP contribution in [-0.2, 0) is 21.7 Å². The SMILES string of the molecule is CC1(C)c2ccccc2-c2ccc(-c3nc(-c4ccccc4)nc(-c4ccc5c(c4)-c4c(oc6ccccc46)C54c5ccccc5-c5ccccc54)n3)cc21.c1ccc2c(c1)-c1cccc(-c3nc(-c4ccncc4)nc(-c4ccncc4)n3)c1C21c2ccccc2-c2c1oc1ccccc21.c1cncc(-c2nc(-c3cccnc3)nc(-c3ccc4c(c3)-c3ccccc3C43c4ccccc4-c4c3oc3ccccc43)n2)c1. The highest BCUT2D eigenvalue weighted by molar-refractivity contribution is 6.09. The first-order valence-electron chi connectivity index (χ1n) is 49.4. The molecule has 10 heterocycles. The molecule has 686 valence electrons. The van der Waals surface area contributed by atoms with E-state index in [0.717, 1.165) is 134 Å². The molecule has 0 N–H and O–H groups in total. The van der Waals surface area contributed by atoms with Gasteiger partial charge in [-0.2, -0.15) is 0 Å². The van der Waals surface area contributed by atoms with E-state index in [1.165, 1.54) is 106 Å². The van der Waals surface area contributed by atoms with Gasteiger partial charge in [0.2, 0.25) is 0 Å². The lowest BCUT2D eigenvalue weighted by Gasteiger charge is -2.29. The van der Waals surface area contributed by atoms with Crippen molar-refractivity contribution in [2.75, 3.05) is 0 Å². The molecule has 0 radical (unpaired) electrons. The Morgan fingerprint density at radius 2 is 0.476 bits per heavy atom. The first-order valence-corrected chi connectivity index (χ1v) is 49.4. The third-order valence-corrected chi connectivity index (χ3v) is 31.0. The molecule has 2 unspecified atom stereocenters. The van der Waals surface area contributed by atoms with Gasteiger partial charge in [-0.05, 0) is 207 Å². The lowest BCUT2D eigenvalue weighted by Crippen LogP contribution is -2.26. The molecule has 147 heavy (non-hydrogen) atoms. The minimum Gasteiger partial charge on any atom is -0.459 e. The maximum absolute atomic E-state index is 6.98. The summed E-state index contributed by atoms with van der Waals surface area (Å²) >= 11 is 0. The summed E-state index contributed by atoms with van der Waals surface area (Å²) in [5, 5.41) is 3.36. The highest BCUT2D eigenvalue weighted by Gasteiger charge is 2.59. The summed E-state index contributed by atoms with van der Waals surface area (Å²) in [6.07, 6.45) is 14.1. The Morgan fingerprint density at radius 3 is 0.946 bits per heavy atom. The van der Waals surface area contributed by atoms with Gasteiger partial charge in [0.25, 0.3) is 0 Å². The van der Waals surface area contributed by atoms with Gasteiger partial charge in [0.05, 0.1) is 0 Å². The number of nitrogens with zero attached hydrogens (tertiary/aromatic N) is 13. The maximum Gasteiger partial charge on any atom is 0.165 e. The van der Waals surface area contributed by atoms with Gasteiger partial charge in [-0.3, -0.25) is 19.9 Å². The number of furan rings is 3. The summed E-state index contributed by atoms with van der Waals surface area (Å²) in [6.45, 7) is 4.61. The number of hydrogen-bond acceptors (Lipinski definition) is 16. The van der Waals surface area contributed by atoms with Crippen LogP contribution in [0.2, 0.25) is 0 Å². The average Bonchev–Trinajstić information content (AvgIpc) is 1.50. The van der Waals surface area contributed by atoms with Crippen molar-refractivity contribution >= 4 is 32.9 Å². The minimum absolute atomic E-state index is 0.140. The monoisotopic (exact) mass is 1880 g/mol. The van der Waals surface area contributed by atoms with Crippen LogP contribution in [0.3, 0.4) is 0 Å². The van der Waals surface area contributed by atoms with Gasteiger partial charge in [-0.1, -0.05) is 323 Å². The van der Waals surface area contributed by atoms with Crippen molar-refractivity contribution in [2.45, 2.75) is 35.5 Å². The summed E-state index contributed by atoms with van der Waals surface area (Å²) in [6, 6.07) is 138. The molecule has 0 amide bonds. The van der Waals surface area contributed by atoms with Gasteiger partial charge in [0, 0.05) is 138 Å². The van der Waals surface area contributed by atoms with Crippen LogP contribution in [0.25, 0.3) is 213 Å². The molecule has 0 saturated heterocycles. The van der Waals surface area contributed by atoms with Crippen LogP contribution >= 0.6 is 0 Å². The average molecular weight is 1880 g/mol. The Kier molecular flexibility index (Phi) is 18.2. The zero-order valence-corrected chi connectivity index (χ0v) is 79.2. The Balaban J connectivity index is 0.000000103. The summed E-state index contributed by atoms with van der Waals surface area (Å²) in [5.74, 6) is 8.30. The Hall–Kier alpha value is -19.4. The summed E-state index contributed by atoms with van der Waals surface area (Å²) in [7, 11) is 0. The zero-order valence-electron chi connectivity index (χ0n) is 79.2. The second-order valence-electron chi connectivity index (χ2n) is 38.9. The summed E-state index contributed by atoms with van der Waals surface area (Å²) < 4.78 is 20.8. The van der Waals surface area contributed by atoms with E-state index >= 15 is 0 Å². The first-order chi connectivity index (χ1) is 72.6. The maximum atomic E-state index is 6.98. The molecule has 15 aromatic carbocycles. The fourth-order valence-electron chi connectivity index (χ4n) is 24.9. The molecule has 25 aromatic rings. The zero-order chi connectivity index (χ0) is 97.0. The van der Waals surface area contributed by atoms with E-state index in [9.17, 15) is 0 Å². The van der Waals surface area contributed by atoms with E-state index < -0.39 is 16.2 Å². The van der Waals surface area contributed by atoms with Crippen LogP contribution in [0.1, 0.15) is 92.3 Å². The molecule has 32 rings (SSSR count). The third-order valence-electron chi connectivity index (χ3n) is 31.0. The third kappa shape index (κ3) is 12.1. The second kappa shape index (κ2) is 32.0. The van der Waals surface area contributed by atoms with Crippen molar-refractivity contribution < 1.29 is 13.3 Å². The van der Waals surface area contributed by atoms with E-state index in [4.69, 9.17) is 58.1 Å². The topological polar surface area (TPSA) is 207 Å². The molecule has 2 atom stereocenters. The Labute approximate surface area is 843 Å². The molecule has 7 aliphatic rings. The molecule has 3 spiro atoms. The van der Waals surface area contributed by atoms with Crippen molar-refractivity contribution in [1.82, 2.24) is 64.8 Å². The standard InChI is InChI=1S/C51H33N3O.2C40H23N5O/c1-50(2)39-20-10-6-16-33(39)36-26-24-32(29-43(36)50)49-53-47(30-14-4-3-5-15-30)52-48(54-49)31-25-27-42-38(28-31)45-37-19-9-13-23-44(37)55-46(45)51(42)40-21-11-7-17-34(40)35-18-8-12-22-41(35)51;1-4-14-31-27(11-1)30-21-24(37-43-38(25-9-7-19-41-22-25)45-39(44-37)26-10-8-20-42-23-26)17-18-33(30)40(31)32-15-5-2-12-28(32)35-29-13-3-6-16-34(29)46-36(35)40;1-4-13-31-26(8-1)27-11-7-12-30(39-44-37(24-16-20-41-21-17-24)43-38(45-39)25-18-22-42-23-19-25)35(27)40(31)32-14-5-2-9-28(32)34-29-10-3-6-15-33(29)46-36(34)40/h3-29H,1-2H3;2*1-23H. The molecular weight excluding hydrogens is 1800 g/mol. The number of pyridine rings is 4. The number of fused-ring (bicyclic) bond motifs is 39. The van der Waals surface area contributed by atoms with Gasteiger partial charge in [0.15, 0.2) is 52.4 Å². The van der Waals surface area contributed by atoms with Crippen molar-refractivity contribution in [1.29, 1.82) is 0 Å². The van der Waals surface area contributed by atoms with Crippen molar-refractivity contribution in [3.63, 3.8) is 0 Å². The largest absolute Gasteiger partial charge is 0.459 e. The lowest BCUT2D eigenvalue weighted by atomic mass is 9.71. The number of para-hydroxylation sites is 3. The molecule has 0 fully saturated rings. The summed E-state index contributed by atoms with van der Waals surface area (Å²) in [4.78, 5) is 62.6. The lowest BCUT2D eigenvalue weighted by molar-refractivity contribution is 0.506. The molecule has 16 heteroatoms. The molecular formula is C131H79N13O3. The van der Waals surface area contributed by atoms with Crippen LogP contribution in [0, 0.1) is 0 Å². The van der Waals surface area contributed by atoms with Crippen LogP contribution < -0.4 is 0 Å². The second-order valence-corrected chi connectivity index (χ2v) is 38.9. The van der Waals surface area contributed by atoms with Crippen LogP contribution in [0.4, 0.5) is 0 Å². The predicted octanol–water partition coefficient (Wildman–Crippen LogP) is 29.8. The molecule has 0 saturated carbocycles. The summed E-state index contributed by atoms with van der Waals surface area (Å²) in [5.41, 5.74) is 39.0. The van der Waals surface area contributed by atoms with Crippen LogP contribution in [0.5, 0.6) is 0 Å². The molecule has 0 bridgehead atoms. The molecule has 16 nitrogen and oxygen atoms in total. The normalized spacial score (nSPS) is 15.2. The number of benzene rings is 15. The molecule has 10 aromatic heterocycles. The van der Waals surface area contributed by atoms with Crippen LogP contribution in [0.15, 0.2) is 457 Å². The highest BCUT2D eigenvalue weighted by atomic mass is 16.3. The quantitative estimate of drug-likeness (QED) is 0.132. The number of rotatable bonds is 9. The van der Waals surface area contributed by atoms with E-state index in [-0.39, 0.29) is 5.41 Å². The van der Waals surface area contributed by atoms with Crippen molar-refractivity contribution in [2.24, 2.45) is 0 Å². The van der Waals surface area contributed by atoms with E-state index in [1.807, 2.05) is 78.9 Å². The van der Waals surface area contributed by atoms with Gasteiger partial charge >= 0.3 is 0 Å². The number of hydrogen-bond donors (Lipinski definition) is 0. The fourth-order valence-corrected chi connectivity index (χ4v) is 24.9. The van der Waals surface area contributed by atoms with Crippen molar-refractivity contribution in [3.05, 3.63) is 522 Å². The number of aromatic nitrogens is 13. The van der Waals surface area contributed by atoms with E-state index in [0.29, 0.717) is 52.4 Å². The smallest absolute Gasteiger partial charge is 0.165 e. The van der Waals surface area contributed by atoms with Gasteiger partial charge < -0.3 is 13.3 Å². The first kappa shape index (κ1) is 83.3. The molecule has 7 aliphatic carbocycles. The fraction of sp³-hybridized carbons (Fsp3) is 0.0458. The highest BCUT2D eigenvalue weighted by Crippen LogP contribution is 2.70. The van der Waals surface area contributed by atoms with Crippen molar-refractivity contribution in [3.8, 4) is 180 Å². The predicted molar refractivity (Wildman–Crippen MR) is 575 cm³/mol. The van der Waals surface area contributed by atoms with E-state index in [1.54, 1.807) is 49.6 Å². The van der Waals surface area contributed by atoms with Crippen LogP contribution in [-0.4, -0.2) is 64.8 Å². The van der Waals surface area contributed by atoms with E-state index in [2.05, 4.69) is 349 Å². The van der Waals surface area contributed by atoms with Gasteiger partial charge in [0.1, 0.15) is 50.3 Å². The van der Waals surface area contributed by atoms with Gasteiger partial charge in [-0.25, -0.2) is 44.9 Å². The minimum atomic E-state index is -0.701. The Morgan fingerprint density at radius 1 is 0.177 bits per heavy atom. The molecule has 0 aliphatic heterocycles. The Bertz CT molecular complexity index is 9660. The van der Waals surface area contributed by atoms with Gasteiger partial charge in [-0.15, -0.1) is 0 Å².